The summed E-state index contributed by atoms with van der Waals surface area (Å²) < 4.78 is 7.18. The number of rotatable bonds is 5. The third-order valence-electron chi connectivity index (χ3n) is 5.18. The van der Waals surface area contributed by atoms with E-state index in [1.54, 1.807) is 12.0 Å². The number of aromatic nitrogens is 1. The van der Waals surface area contributed by atoms with Crippen molar-refractivity contribution in [2.24, 2.45) is 0 Å². The molecule has 0 aliphatic carbocycles. The van der Waals surface area contributed by atoms with Crippen molar-refractivity contribution in [3.63, 3.8) is 0 Å². The summed E-state index contributed by atoms with van der Waals surface area (Å²) in [4.78, 5) is 40.6. The summed E-state index contributed by atoms with van der Waals surface area (Å²) in [5.41, 5.74) is 1.56. The van der Waals surface area contributed by atoms with Gasteiger partial charge in [0.25, 0.3) is 5.91 Å². The largest absolute Gasteiger partial charge is 0.383 e. The lowest BCUT2D eigenvalue weighted by molar-refractivity contribution is -0.141. The first kappa shape index (κ1) is 19.9. The van der Waals surface area contributed by atoms with E-state index in [4.69, 9.17) is 4.74 Å². The van der Waals surface area contributed by atoms with Gasteiger partial charge in [-0.25, -0.2) is 0 Å². The monoisotopic (exact) mass is 386 g/mol. The van der Waals surface area contributed by atoms with E-state index in [9.17, 15) is 14.4 Å². The van der Waals surface area contributed by atoms with Crippen molar-refractivity contribution >= 4 is 28.6 Å². The minimum atomic E-state index is -0.679. The van der Waals surface area contributed by atoms with Crippen LogP contribution in [0, 0.1) is 0 Å². The highest BCUT2D eigenvalue weighted by Crippen LogP contribution is 2.24. The molecule has 28 heavy (non-hydrogen) atoms. The number of hydrogen-bond acceptors (Lipinski definition) is 4. The molecule has 3 amide bonds. The summed E-state index contributed by atoms with van der Waals surface area (Å²) in [5, 5.41) is 3.46. The Balaban J connectivity index is 1.90. The zero-order chi connectivity index (χ0) is 20.3. The van der Waals surface area contributed by atoms with Gasteiger partial charge in [0, 0.05) is 57.8 Å². The highest BCUT2D eigenvalue weighted by atomic mass is 16.5. The Kier molecular flexibility index (Phi) is 5.99. The lowest BCUT2D eigenvalue weighted by Crippen LogP contribution is -2.60. The fourth-order valence-corrected chi connectivity index (χ4v) is 3.70. The molecule has 1 fully saturated rings. The molecule has 0 radical (unpaired) electrons. The van der Waals surface area contributed by atoms with Crippen molar-refractivity contribution < 1.29 is 19.1 Å². The SMILES string of the molecule is CNC(=O)C1CN(C(=O)c2cn(CCOC)c3ccccc23)CCN1C(C)=O. The predicted octanol–water partition coefficient (Wildman–Crippen LogP) is 0.707. The van der Waals surface area contributed by atoms with E-state index in [1.807, 2.05) is 35.0 Å². The van der Waals surface area contributed by atoms with Gasteiger partial charge < -0.3 is 24.4 Å². The summed E-state index contributed by atoms with van der Waals surface area (Å²) in [6.07, 6.45) is 1.85. The highest BCUT2D eigenvalue weighted by Gasteiger charge is 2.36. The quantitative estimate of drug-likeness (QED) is 0.820. The number of amides is 3. The molecule has 1 unspecified atom stereocenters. The van der Waals surface area contributed by atoms with Gasteiger partial charge in [0.15, 0.2) is 0 Å². The number of benzene rings is 1. The molecule has 1 N–H and O–H groups in total. The molecular formula is C20H26N4O4. The third-order valence-corrected chi connectivity index (χ3v) is 5.18. The lowest BCUT2D eigenvalue weighted by atomic mass is 10.1. The Morgan fingerprint density at radius 1 is 1.21 bits per heavy atom. The molecule has 1 aliphatic rings. The van der Waals surface area contributed by atoms with Crippen LogP contribution in [0.4, 0.5) is 0 Å². The second-order valence-electron chi connectivity index (χ2n) is 6.84. The zero-order valence-electron chi connectivity index (χ0n) is 16.5. The second-order valence-corrected chi connectivity index (χ2v) is 6.84. The van der Waals surface area contributed by atoms with Gasteiger partial charge in [-0.1, -0.05) is 18.2 Å². The van der Waals surface area contributed by atoms with Gasteiger partial charge in [0.1, 0.15) is 6.04 Å². The van der Waals surface area contributed by atoms with Crippen LogP contribution in [0.15, 0.2) is 30.5 Å². The van der Waals surface area contributed by atoms with Crippen LogP contribution in [-0.4, -0.2) is 78.5 Å². The van der Waals surface area contributed by atoms with Crippen LogP contribution in [0.2, 0.25) is 0 Å². The Bertz CT molecular complexity index is 891. The van der Waals surface area contributed by atoms with E-state index in [-0.39, 0.29) is 24.3 Å². The Hall–Kier alpha value is -2.87. The molecule has 3 rings (SSSR count). The molecule has 1 aliphatic heterocycles. The number of nitrogens with one attached hydrogen (secondary N) is 1. The van der Waals surface area contributed by atoms with Crippen LogP contribution in [0.25, 0.3) is 10.9 Å². The first-order valence-corrected chi connectivity index (χ1v) is 9.32. The summed E-state index contributed by atoms with van der Waals surface area (Å²) >= 11 is 0. The number of carbonyl (C=O) groups excluding carboxylic acids is 3. The van der Waals surface area contributed by atoms with Crippen LogP contribution in [-0.2, 0) is 20.9 Å². The van der Waals surface area contributed by atoms with Crippen molar-refractivity contribution in [1.29, 1.82) is 0 Å². The molecule has 0 saturated carbocycles. The number of para-hydroxylation sites is 1. The second kappa shape index (κ2) is 8.43. The summed E-state index contributed by atoms with van der Waals surface area (Å²) in [5.74, 6) is -0.573. The Morgan fingerprint density at radius 2 is 1.96 bits per heavy atom. The third kappa shape index (κ3) is 3.73. The van der Waals surface area contributed by atoms with E-state index in [0.29, 0.717) is 31.8 Å². The molecule has 1 aromatic carbocycles. The maximum atomic E-state index is 13.3. The predicted molar refractivity (Wildman–Crippen MR) is 105 cm³/mol. The van der Waals surface area contributed by atoms with Gasteiger partial charge in [-0.05, 0) is 6.07 Å². The van der Waals surface area contributed by atoms with E-state index >= 15 is 0 Å². The van der Waals surface area contributed by atoms with Gasteiger partial charge in [-0.3, -0.25) is 14.4 Å². The molecule has 1 atom stereocenters. The fraction of sp³-hybridized carbons (Fsp3) is 0.450. The van der Waals surface area contributed by atoms with E-state index in [0.717, 1.165) is 10.9 Å². The van der Waals surface area contributed by atoms with E-state index in [1.165, 1.54) is 18.9 Å². The smallest absolute Gasteiger partial charge is 0.256 e. The summed E-state index contributed by atoms with van der Waals surface area (Å²) in [7, 11) is 3.18. The van der Waals surface area contributed by atoms with Crippen LogP contribution in [0.3, 0.4) is 0 Å². The normalized spacial score (nSPS) is 17.0. The average Bonchev–Trinajstić information content (AvgIpc) is 3.09. The van der Waals surface area contributed by atoms with Crippen LogP contribution in [0.1, 0.15) is 17.3 Å². The number of likely N-dealkylation sites (N-methyl/N-ethyl adjacent to an activating group) is 1. The first-order chi connectivity index (χ1) is 13.5. The van der Waals surface area contributed by atoms with Crippen molar-refractivity contribution in [2.75, 3.05) is 40.4 Å². The van der Waals surface area contributed by atoms with Crippen LogP contribution in [0.5, 0.6) is 0 Å². The van der Waals surface area contributed by atoms with Crippen LogP contribution >= 0.6 is 0 Å². The van der Waals surface area contributed by atoms with E-state index < -0.39 is 6.04 Å². The number of piperazine rings is 1. The van der Waals surface area contributed by atoms with Gasteiger partial charge >= 0.3 is 0 Å². The molecule has 8 nitrogen and oxygen atoms in total. The average molecular weight is 386 g/mol. The van der Waals surface area contributed by atoms with Gasteiger partial charge in [-0.2, -0.15) is 0 Å². The molecule has 2 heterocycles. The topological polar surface area (TPSA) is 83.9 Å². The molecule has 1 aromatic heterocycles. The van der Waals surface area contributed by atoms with Gasteiger partial charge in [-0.15, -0.1) is 0 Å². The minimum absolute atomic E-state index is 0.135. The van der Waals surface area contributed by atoms with Crippen molar-refractivity contribution in [1.82, 2.24) is 19.7 Å². The molecular weight excluding hydrogens is 360 g/mol. The molecule has 150 valence electrons. The molecule has 2 aromatic rings. The van der Waals surface area contributed by atoms with Crippen LogP contribution < -0.4 is 5.32 Å². The summed E-state index contributed by atoms with van der Waals surface area (Å²) in [6.45, 7) is 3.53. The maximum Gasteiger partial charge on any atom is 0.256 e. The number of nitrogens with zero attached hydrogens (tertiary/aromatic N) is 3. The lowest BCUT2D eigenvalue weighted by Gasteiger charge is -2.39. The van der Waals surface area contributed by atoms with Gasteiger partial charge in [0.2, 0.25) is 11.8 Å². The molecule has 8 heteroatoms. The van der Waals surface area contributed by atoms with Gasteiger partial charge in [0.05, 0.1) is 18.7 Å². The fourth-order valence-electron chi connectivity index (χ4n) is 3.70. The maximum absolute atomic E-state index is 13.3. The van der Waals surface area contributed by atoms with E-state index in [2.05, 4.69) is 5.32 Å². The number of fused-ring (bicyclic) bond motifs is 1. The Morgan fingerprint density at radius 3 is 2.64 bits per heavy atom. The van der Waals surface area contributed by atoms with Crippen molar-refractivity contribution in [3.05, 3.63) is 36.0 Å². The number of methoxy groups -OCH3 is 1. The van der Waals surface area contributed by atoms with Crippen molar-refractivity contribution in [2.45, 2.75) is 19.5 Å². The summed E-state index contributed by atoms with van der Waals surface area (Å²) in [6, 6.07) is 7.06. The highest BCUT2D eigenvalue weighted by molar-refractivity contribution is 6.07. The number of carbonyl (C=O) groups is 3. The number of ether oxygens (including phenoxy) is 1. The number of hydrogen-bond donors (Lipinski definition) is 1. The Labute approximate surface area is 164 Å². The minimum Gasteiger partial charge on any atom is -0.383 e. The standard InChI is InChI=1S/C20H26N4O4/c1-14(25)24-9-8-23(13-18(24)19(26)21-2)20(27)16-12-22(10-11-28-3)17-7-5-4-6-15(16)17/h4-7,12,18H,8-11,13H2,1-3H3,(H,21,26). The zero-order valence-corrected chi connectivity index (χ0v) is 16.5. The molecule has 0 spiro atoms. The first-order valence-electron chi connectivity index (χ1n) is 9.32. The molecule has 0 bridgehead atoms. The molecule has 1 saturated heterocycles. The van der Waals surface area contributed by atoms with Crippen molar-refractivity contribution in [3.8, 4) is 0 Å².